The number of rotatable bonds is 7. The minimum Gasteiger partial charge on any atom is -0.359 e. The maximum absolute atomic E-state index is 12.4. The number of benzene rings is 2. The average Bonchev–Trinajstić information content (AvgIpc) is 2.77. The van der Waals surface area contributed by atoms with E-state index < -0.39 is 0 Å². The van der Waals surface area contributed by atoms with Gasteiger partial charge >= 0.3 is 0 Å². The van der Waals surface area contributed by atoms with E-state index in [0.29, 0.717) is 27.7 Å². The molecule has 1 heterocycles. The fraction of sp³-hybridized carbons (Fsp3) is 0.250. The molecule has 3 aromatic rings. The van der Waals surface area contributed by atoms with Crippen LogP contribution in [0.4, 0.5) is 5.82 Å². The van der Waals surface area contributed by atoms with Crippen LogP contribution in [0.15, 0.2) is 60.7 Å². The standard InChI is InChI=1S/C24H24ClN5O/c1-24(13-8-14-24)28-18(31)15-27-23-19(21(26)16-9-4-2-5-10-16)20(25)22(29-30-23)17-11-6-3-7-12-17/h2-7,9-12,26H,8,13-15H2,1H3,(H,27,30)(H,28,31). The smallest absolute Gasteiger partial charge is 0.239 e. The van der Waals surface area contributed by atoms with Crippen molar-refractivity contribution >= 4 is 29.0 Å². The molecular weight excluding hydrogens is 410 g/mol. The van der Waals surface area contributed by atoms with E-state index in [1.54, 1.807) is 0 Å². The van der Waals surface area contributed by atoms with Crippen molar-refractivity contribution in [2.24, 2.45) is 0 Å². The highest BCUT2D eigenvalue weighted by atomic mass is 35.5. The van der Waals surface area contributed by atoms with Crippen LogP contribution in [0.2, 0.25) is 5.02 Å². The zero-order chi connectivity index (χ0) is 21.8. The molecule has 3 N–H and O–H groups in total. The molecule has 7 heteroatoms. The van der Waals surface area contributed by atoms with Crippen LogP contribution in [0.3, 0.4) is 0 Å². The van der Waals surface area contributed by atoms with E-state index in [2.05, 4.69) is 27.8 Å². The second-order valence-corrected chi connectivity index (χ2v) is 8.39. The molecule has 1 aliphatic rings. The molecule has 0 atom stereocenters. The lowest BCUT2D eigenvalue weighted by Crippen LogP contribution is -2.52. The fourth-order valence-corrected chi connectivity index (χ4v) is 4.01. The van der Waals surface area contributed by atoms with Crippen molar-refractivity contribution in [2.75, 3.05) is 11.9 Å². The third kappa shape index (κ3) is 4.59. The Kier molecular flexibility index (Phi) is 6.00. The predicted octanol–water partition coefficient (Wildman–Crippen LogP) is 4.68. The van der Waals surface area contributed by atoms with Crippen molar-refractivity contribution in [3.8, 4) is 11.3 Å². The van der Waals surface area contributed by atoms with E-state index in [9.17, 15) is 4.79 Å². The van der Waals surface area contributed by atoms with Crippen LogP contribution in [0.1, 0.15) is 37.3 Å². The Labute approximate surface area is 186 Å². The van der Waals surface area contributed by atoms with E-state index >= 15 is 0 Å². The summed E-state index contributed by atoms with van der Waals surface area (Å²) < 4.78 is 0. The van der Waals surface area contributed by atoms with Gasteiger partial charge in [0.2, 0.25) is 5.91 Å². The van der Waals surface area contributed by atoms with Crippen molar-refractivity contribution in [3.05, 3.63) is 76.8 Å². The minimum atomic E-state index is -0.126. The first-order valence-corrected chi connectivity index (χ1v) is 10.7. The average molecular weight is 434 g/mol. The minimum absolute atomic E-state index is 0.0281. The van der Waals surface area contributed by atoms with Gasteiger partial charge in [-0.2, -0.15) is 0 Å². The molecular formula is C24H24ClN5O. The van der Waals surface area contributed by atoms with E-state index in [1.807, 2.05) is 60.7 Å². The lowest BCUT2D eigenvalue weighted by Gasteiger charge is -2.39. The van der Waals surface area contributed by atoms with E-state index in [1.165, 1.54) is 0 Å². The first-order valence-electron chi connectivity index (χ1n) is 10.3. The summed E-state index contributed by atoms with van der Waals surface area (Å²) in [6.45, 7) is 2.08. The molecule has 1 aromatic heterocycles. The molecule has 0 spiro atoms. The molecule has 31 heavy (non-hydrogen) atoms. The Balaban J connectivity index is 1.66. The molecule has 1 amide bonds. The Bertz CT molecular complexity index is 1100. The number of halogens is 1. The summed E-state index contributed by atoms with van der Waals surface area (Å²) in [5, 5.41) is 23.8. The molecule has 158 valence electrons. The molecule has 0 bridgehead atoms. The number of carbonyl (C=O) groups is 1. The van der Waals surface area contributed by atoms with Gasteiger partial charge in [0.25, 0.3) is 0 Å². The summed E-state index contributed by atoms with van der Waals surface area (Å²) in [5.41, 5.74) is 2.51. The van der Waals surface area contributed by atoms with Gasteiger partial charge in [-0.05, 0) is 26.2 Å². The normalized spacial score (nSPS) is 14.4. The van der Waals surface area contributed by atoms with Crippen molar-refractivity contribution < 1.29 is 4.79 Å². The summed E-state index contributed by atoms with van der Waals surface area (Å²) in [7, 11) is 0. The fourth-order valence-electron chi connectivity index (χ4n) is 3.67. The van der Waals surface area contributed by atoms with E-state index in [4.69, 9.17) is 17.0 Å². The molecule has 6 nitrogen and oxygen atoms in total. The van der Waals surface area contributed by atoms with Gasteiger partial charge in [-0.25, -0.2) is 0 Å². The van der Waals surface area contributed by atoms with Crippen LogP contribution in [-0.4, -0.2) is 33.9 Å². The maximum Gasteiger partial charge on any atom is 0.239 e. The highest BCUT2D eigenvalue weighted by Crippen LogP contribution is 2.33. The van der Waals surface area contributed by atoms with Crippen LogP contribution in [0, 0.1) is 5.41 Å². The Hall–Kier alpha value is -3.25. The summed E-state index contributed by atoms with van der Waals surface area (Å²) in [5.74, 6) is 0.192. The topological polar surface area (TPSA) is 90.8 Å². The third-order valence-electron chi connectivity index (χ3n) is 5.59. The van der Waals surface area contributed by atoms with Crippen molar-refractivity contribution in [1.29, 1.82) is 5.41 Å². The maximum atomic E-state index is 12.4. The lowest BCUT2D eigenvalue weighted by atomic mass is 9.78. The summed E-state index contributed by atoms with van der Waals surface area (Å²) in [4.78, 5) is 12.4. The van der Waals surface area contributed by atoms with Gasteiger partial charge in [-0.1, -0.05) is 72.3 Å². The molecule has 1 fully saturated rings. The third-order valence-corrected chi connectivity index (χ3v) is 5.96. The van der Waals surface area contributed by atoms with E-state index in [0.717, 1.165) is 24.8 Å². The largest absolute Gasteiger partial charge is 0.359 e. The molecule has 0 saturated heterocycles. The van der Waals surface area contributed by atoms with Crippen LogP contribution in [0.5, 0.6) is 0 Å². The molecule has 1 aliphatic carbocycles. The van der Waals surface area contributed by atoms with Crippen molar-refractivity contribution in [2.45, 2.75) is 31.7 Å². The summed E-state index contributed by atoms with van der Waals surface area (Å²) >= 11 is 6.76. The molecule has 0 radical (unpaired) electrons. The number of amides is 1. The number of nitrogens with zero attached hydrogens (tertiary/aromatic N) is 2. The van der Waals surface area contributed by atoms with Crippen molar-refractivity contribution in [3.63, 3.8) is 0 Å². The summed E-state index contributed by atoms with van der Waals surface area (Å²) in [6.07, 6.45) is 3.10. The van der Waals surface area contributed by atoms with Crippen molar-refractivity contribution in [1.82, 2.24) is 15.5 Å². The van der Waals surface area contributed by atoms with Crippen LogP contribution in [-0.2, 0) is 4.79 Å². The van der Waals surface area contributed by atoms with Gasteiger partial charge in [0, 0.05) is 16.7 Å². The Morgan fingerprint density at radius 2 is 1.71 bits per heavy atom. The van der Waals surface area contributed by atoms with Gasteiger partial charge in [0.15, 0.2) is 5.82 Å². The predicted molar refractivity (Wildman–Crippen MR) is 124 cm³/mol. The van der Waals surface area contributed by atoms with E-state index in [-0.39, 0.29) is 23.7 Å². The van der Waals surface area contributed by atoms with Crippen LogP contribution >= 0.6 is 11.6 Å². The number of carbonyl (C=O) groups excluding carboxylic acids is 1. The Morgan fingerprint density at radius 1 is 1.06 bits per heavy atom. The first kappa shape index (κ1) is 21.0. The molecule has 0 unspecified atom stereocenters. The number of aromatic nitrogens is 2. The molecule has 2 aromatic carbocycles. The van der Waals surface area contributed by atoms with Gasteiger partial charge in [0.05, 0.1) is 22.8 Å². The van der Waals surface area contributed by atoms with Crippen LogP contribution in [0.25, 0.3) is 11.3 Å². The first-order chi connectivity index (χ1) is 15.0. The van der Waals surface area contributed by atoms with Gasteiger partial charge in [-0.15, -0.1) is 10.2 Å². The van der Waals surface area contributed by atoms with Gasteiger partial charge < -0.3 is 10.6 Å². The Morgan fingerprint density at radius 3 is 2.32 bits per heavy atom. The second-order valence-electron chi connectivity index (χ2n) is 8.01. The molecule has 0 aliphatic heterocycles. The monoisotopic (exact) mass is 433 g/mol. The molecule has 4 rings (SSSR count). The zero-order valence-corrected chi connectivity index (χ0v) is 18.0. The number of nitrogens with one attached hydrogen (secondary N) is 3. The lowest BCUT2D eigenvalue weighted by molar-refractivity contribution is -0.122. The van der Waals surface area contributed by atoms with Gasteiger partial charge in [-0.3, -0.25) is 10.2 Å². The molecule has 1 saturated carbocycles. The zero-order valence-electron chi connectivity index (χ0n) is 17.3. The highest BCUT2D eigenvalue weighted by molar-refractivity contribution is 6.38. The summed E-state index contributed by atoms with van der Waals surface area (Å²) in [6, 6.07) is 18.8. The van der Waals surface area contributed by atoms with Crippen LogP contribution < -0.4 is 10.6 Å². The number of anilines is 1. The quantitative estimate of drug-likeness (QED) is 0.471. The highest BCUT2D eigenvalue weighted by Gasteiger charge is 2.33. The SMILES string of the molecule is CC1(NC(=O)CNc2nnc(-c3ccccc3)c(Cl)c2C(=N)c2ccccc2)CCC1. The van der Waals surface area contributed by atoms with Gasteiger partial charge in [0.1, 0.15) is 5.69 Å². The second kappa shape index (κ2) is 8.86. The number of hydrogen-bond donors (Lipinski definition) is 3. The number of hydrogen-bond acceptors (Lipinski definition) is 5.